The third-order valence-electron chi connectivity index (χ3n) is 7.40. The van der Waals surface area contributed by atoms with E-state index in [1.807, 2.05) is 56.4 Å². The summed E-state index contributed by atoms with van der Waals surface area (Å²) in [7, 11) is 9.27. The SMILES string of the molecule is C=CC(=O)Nc1cc(Nc2nccc(C(=O)c3ccc(N4CCCC(OC)C4)cc3)n2)c(OC)cc1N(C)CCN(C)C. The van der Waals surface area contributed by atoms with Crippen LogP contribution in [-0.2, 0) is 9.53 Å². The van der Waals surface area contributed by atoms with Gasteiger partial charge in [0.1, 0.15) is 11.4 Å². The fraction of sp³-hybridized carbons (Fsp3) is 0.375. The molecule has 2 N–H and O–H groups in total. The van der Waals surface area contributed by atoms with Crippen molar-refractivity contribution < 1.29 is 19.1 Å². The van der Waals surface area contributed by atoms with Gasteiger partial charge in [0.05, 0.1) is 30.3 Å². The second-order valence-corrected chi connectivity index (χ2v) is 10.7. The summed E-state index contributed by atoms with van der Waals surface area (Å²) in [5.41, 5.74) is 3.71. The molecule has 11 heteroatoms. The van der Waals surface area contributed by atoms with Gasteiger partial charge in [-0.3, -0.25) is 9.59 Å². The number of carbonyl (C=O) groups is 2. The molecule has 1 atom stereocenters. The van der Waals surface area contributed by atoms with E-state index in [0.29, 0.717) is 22.7 Å². The summed E-state index contributed by atoms with van der Waals surface area (Å²) in [5.74, 6) is 0.184. The Labute approximate surface area is 253 Å². The number of carbonyl (C=O) groups excluding carboxylic acids is 2. The molecule has 1 aromatic heterocycles. The number of ether oxygens (including phenoxy) is 2. The van der Waals surface area contributed by atoms with E-state index in [1.54, 1.807) is 26.4 Å². The maximum atomic E-state index is 13.4. The molecular formula is C32H41N7O4. The number of piperidine rings is 1. The first-order chi connectivity index (χ1) is 20.7. The number of amides is 1. The Morgan fingerprint density at radius 3 is 2.53 bits per heavy atom. The van der Waals surface area contributed by atoms with E-state index >= 15 is 0 Å². The summed E-state index contributed by atoms with van der Waals surface area (Å²) in [6.07, 6.45) is 5.09. The van der Waals surface area contributed by atoms with Crippen molar-refractivity contribution in [2.45, 2.75) is 18.9 Å². The zero-order valence-corrected chi connectivity index (χ0v) is 25.6. The molecule has 0 aliphatic carbocycles. The van der Waals surface area contributed by atoms with E-state index in [2.05, 4.69) is 37.0 Å². The van der Waals surface area contributed by atoms with Gasteiger partial charge in [-0.2, -0.15) is 0 Å². The minimum Gasteiger partial charge on any atom is -0.494 e. The van der Waals surface area contributed by atoms with Crippen LogP contribution in [0.1, 0.15) is 28.9 Å². The van der Waals surface area contributed by atoms with Crippen molar-refractivity contribution >= 4 is 40.4 Å². The van der Waals surface area contributed by atoms with Gasteiger partial charge >= 0.3 is 0 Å². The number of likely N-dealkylation sites (N-methyl/N-ethyl adjacent to an activating group) is 2. The molecule has 1 fully saturated rings. The molecule has 4 rings (SSSR count). The lowest BCUT2D eigenvalue weighted by Crippen LogP contribution is -2.39. The molecule has 1 aliphatic heterocycles. The zero-order valence-electron chi connectivity index (χ0n) is 25.6. The number of anilines is 5. The predicted octanol–water partition coefficient (Wildman–Crippen LogP) is 4.20. The molecule has 1 saturated heterocycles. The highest BCUT2D eigenvalue weighted by Crippen LogP contribution is 2.38. The van der Waals surface area contributed by atoms with E-state index in [0.717, 1.165) is 50.4 Å². The fourth-order valence-electron chi connectivity index (χ4n) is 4.91. The molecule has 3 aromatic rings. The monoisotopic (exact) mass is 587 g/mol. The Morgan fingerprint density at radius 1 is 1.09 bits per heavy atom. The smallest absolute Gasteiger partial charge is 0.247 e. The van der Waals surface area contributed by atoms with Gasteiger partial charge in [0, 0.05) is 63.9 Å². The zero-order chi connectivity index (χ0) is 30.9. The molecule has 0 radical (unpaired) electrons. The molecule has 0 spiro atoms. The van der Waals surface area contributed by atoms with Crippen LogP contribution < -0.4 is 25.2 Å². The Bertz CT molecular complexity index is 1430. The van der Waals surface area contributed by atoms with E-state index < -0.39 is 0 Å². The van der Waals surface area contributed by atoms with Crippen LogP contribution in [0.5, 0.6) is 5.75 Å². The lowest BCUT2D eigenvalue weighted by atomic mass is 10.0. The largest absolute Gasteiger partial charge is 0.494 e. The summed E-state index contributed by atoms with van der Waals surface area (Å²) in [6.45, 7) is 6.90. The van der Waals surface area contributed by atoms with Crippen LogP contribution in [0.25, 0.3) is 0 Å². The average molecular weight is 588 g/mol. The van der Waals surface area contributed by atoms with Gasteiger partial charge in [0.15, 0.2) is 0 Å². The van der Waals surface area contributed by atoms with Crippen molar-refractivity contribution in [1.29, 1.82) is 0 Å². The highest BCUT2D eigenvalue weighted by atomic mass is 16.5. The standard InChI is InChI=1S/C32H41N7O4/c1-7-30(40)34-26-19-27(29(43-6)20-28(26)38(4)18-17-37(2)3)36-32-33-15-14-25(35-32)31(41)22-10-12-23(13-11-22)39-16-8-9-24(21-39)42-5/h7,10-15,19-20,24H,1,8-9,16-18,21H2,2-6H3,(H,34,40)(H,33,35,36). The number of ketones is 1. The first kappa shape index (κ1) is 31.5. The van der Waals surface area contributed by atoms with Gasteiger partial charge < -0.3 is 34.8 Å². The van der Waals surface area contributed by atoms with Crippen LogP contribution in [0.4, 0.5) is 28.7 Å². The molecule has 0 saturated carbocycles. The Morgan fingerprint density at radius 2 is 1.86 bits per heavy atom. The predicted molar refractivity (Wildman–Crippen MR) is 171 cm³/mol. The van der Waals surface area contributed by atoms with E-state index in [9.17, 15) is 9.59 Å². The second kappa shape index (κ2) is 14.6. The number of rotatable bonds is 13. The Balaban J connectivity index is 1.56. The van der Waals surface area contributed by atoms with Crippen LogP contribution in [0.15, 0.2) is 61.3 Å². The minimum atomic E-state index is -0.341. The summed E-state index contributed by atoms with van der Waals surface area (Å²) in [4.78, 5) is 40.8. The lowest BCUT2D eigenvalue weighted by molar-refractivity contribution is -0.111. The van der Waals surface area contributed by atoms with Crippen molar-refractivity contribution in [3.8, 4) is 5.75 Å². The summed E-state index contributed by atoms with van der Waals surface area (Å²) < 4.78 is 11.2. The topological polar surface area (TPSA) is 112 Å². The van der Waals surface area contributed by atoms with Crippen LogP contribution in [-0.4, -0.2) is 94.2 Å². The maximum absolute atomic E-state index is 13.4. The van der Waals surface area contributed by atoms with E-state index in [-0.39, 0.29) is 29.4 Å². The number of methoxy groups -OCH3 is 2. The molecule has 1 amide bonds. The number of hydrogen-bond donors (Lipinski definition) is 2. The van der Waals surface area contributed by atoms with Crippen molar-refractivity contribution in [3.05, 3.63) is 72.6 Å². The summed E-state index contributed by atoms with van der Waals surface area (Å²) >= 11 is 0. The molecule has 1 unspecified atom stereocenters. The molecule has 2 aromatic carbocycles. The van der Waals surface area contributed by atoms with Crippen molar-refractivity contribution in [2.75, 3.05) is 82.0 Å². The highest BCUT2D eigenvalue weighted by Gasteiger charge is 2.21. The molecule has 228 valence electrons. The second-order valence-electron chi connectivity index (χ2n) is 10.7. The third-order valence-corrected chi connectivity index (χ3v) is 7.40. The van der Waals surface area contributed by atoms with Crippen LogP contribution in [0.2, 0.25) is 0 Å². The van der Waals surface area contributed by atoms with Crippen LogP contribution in [0, 0.1) is 0 Å². The van der Waals surface area contributed by atoms with E-state index in [1.165, 1.54) is 12.3 Å². The maximum Gasteiger partial charge on any atom is 0.247 e. The van der Waals surface area contributed by atoms with Crippen molar-refractivity contribution in [3.63, 3.8) is 0 Å². The van der Waals surface area contributed by atoms with Gasteiger partial charge in [0.2, 0.25) is 17.6 Å². The lowest BCUT2D eigenvalue weighted by Gasteiger charge is -2.33. The van der Waals surface area contributed by atoms with Crippen LogP contribution in [0.3, 0.4) is 0 Å². The van der Waals surface area contributed by atoms with Crippen molar-refractivity contribution in [1.82, 2.24) is 14.9 Å². The van der Waals surface area contributed by atoms with Gasteiger partial charge in [-0.25, -0.2) is 9.97 Å². The Hall–Kier alpha value is -4.48. The average Bonchev–Trinajstić information content (AvgIpc) is 3.03. The summed E-state index contributed by atoms with van der Waals surface area (Å²) in [5, 5.41) is 6.04. The third kappa shape index (κ3) is 8.08. The van der Waals surface area contributed by atoms with E-state index in [4.69, 9.17) is 9.47 Å². The van der Waals surface area contributed by atoms with Crippen molar-refractivity contribution in [2.24, 2.45) is 0 Å². The number of nitrogens with one attached hydrogen (secondary N) is 2. The van der Waals surface area contributed by atoms with Crippen LogP contribution >= 0.6 is 0 Å². The molecule has 0 bridgehead atoms. The first-order valence-corrected chi connectivity index (χ1v) is 14.3. The highest BCUT2D eigenvalue weighted by molar-refractivity contribution is 6.08. The normalized spacial score (nSPS) is 14.7. The van der Waals surface area contributed by atoms with Gasteiger partial charge in [-0.1, -0.05) is 6.58 Å². The van der Waals surface area contributed by atoms with Gasteiger partial charge in [0.25, 0.3) is 0 Å². The number of benzene rings is 2. The quantitative estimate of drug-likeness (QED) is 0.223. The molecule has 1 aliphatic rings. The number of nitrogens with zero attached hydrogens (tertiary/aromatic N) is 5. The summed E-state index contributed by atoms with van der Waals surface area (Å²) in [6, 6.07) is 12.8. The molecule has 2 heterocycles. The fourth-order valence-corrected chi connectivity index (χ4v) is 4.91. The minimum absolute atomic E-state index is 0.214. The van der Waals surface area contributed by atoms with Gasteiger partial charge in [-0.15, -0.1) is 0 Å². The number of hydrogen-bond acceptors (Lipinski definition) is 10. The molecule has 43 heavy (non-hydrogen) atoms. The Kier molecular flexibility index (Phi) is 10.7. The first-order valence-electron chi connectivity index (χ1n) is 14.3. The molecule has 11 nitrogen and oxygen atoms in total. The molecular weight excluding hydrogens is 546 g/mol. The number of aromatic nitrogens is 2. The van der Waals surface area contributed by atoms with Gasteiger partial charge in [-0.05, 0) is 69.4 Å².